The topological polar surface area (TPSA) is 46.1 Å². The van der Waals surface area contributed by atoms with E-state index < -0.39 is 0 Å². The average Bonchev–Trinajstić information content (AvgIpc) is 3.22. The number of thioether (sulfide) groups is 1. The molecule has 158 valence electrons. The summed E-state index contributed by atoms with van der Waals surface area (Å²) in [6.45, 7) is 3.30. The second-order valence-corrected chi connectivity index (χ2v) is 9.45. The average molecular weight is 448 g/mol. The van der Waals surface area contributed by atoms with Gasteiger partial charge in [0, 0.05) is 31.2 Å². The van der Waals surface area contributed by atoms with Gasteiger partial charge in [-0.3, -0.25) is 9.78 Å². The maximum atomic E-state index is 13.1. The number of nitrogens with zero attached hydrogens (tertiary/aromatic N) is 3. The number of benzene rings is 2. The maximum Gasteiger partial charge on any atom is 0.233 e. The molecule has 0 atom stereocenters. The van der Waals surface area contributed by atoms with Gasteiger partial charge in [0.2, 0.25) is 5.91 Å². The summed E-state index contributed by atoms with van der Waals surface area (Å²) in [4.78, 5) is 23.9. The van der Waals surface area contributed by atoms with Crippen molar-refractivity contribution in [3.8, 4) is 0 Å². The van der Waals surface area contributed by atoms with Gasteiger partial charge in [-0.25, -0.2) is 4.98 Å². The fourth-order valence-corrected chi connectivity index (χ4v) is 5.29. The first kappa shape index (κ1) is 21.5. The minimum Gasteiger partial charge on any atom is -0.333 e. The summed E-state index contributed by atoms with van der Waals surface area (Å²) in [6, 6.07) is 20.6. The molecule has 4 rings (SSSR count). The van der Waals surface area contributed by atoms with E-state index in [1.165, 1.54) is 10.3 Å². The van der Waals surface area contributed by atoms with Gasteiger partial charge < -0.3 is 4.90 Å². The quantitative estimate of drug-likeness (QED) is 0.329. The summed E-state index contributed by atoms with van der Waals surface area (Å²) in [5.74, 6) is 1.31. The van der Waals surface area contributed by atoms with Crippen LogP contribution in [-0.4, -0.2) is 26.5 Å². The summed E-state index contributed by atoms with van der Waals surface area (Å²) in [7, 11) is 0. The predicted molar refractivity (Wildman–Crippen MR) is 130 cm³/mol. The highest BCUT2D eigenvalue weighted by Gasteiger charge is 2.16. The van der Waals surface area contributed by atoms with Crippen molar-refractivity contribution in [2.24, 2.45) is 0 Å². The number of pyridine rings is 1. The lowest BCUT2D eigenvalue weighted by molar-refractivity contribution is -0.129. The smallest absolute Gasteiger partial charge is 0.233 e. The van der Waals surface area contributed by atoms with Crippen molar-refractivity contribution in [1.82, 2.24) is 14.9 Å². The van der Waals surface area contributed by atoms with E-state index in [1.807, 2.05) is 41.4 Å². The molecule has 2 heterocycles. The number of aryl methyl sites for hydroxylation is 1. The molecule has 0 unspecified atom stereocenters. The van der Waals surface area contributed by atoms with Gasteiger partial charge in [0.15, 0.2) is 0 Å². The van der Waals surface area contributed by atoms with Gasteiger partial charge >= 0.3 is 0 Å². The number of hydrogen-bond acceptors (Lipinski definition) is 5. The number of fused-ring (bicyclic) bond motifs is 1. The molecule has 2 aromatic heterocycles. The highest BCUT2D eigenvalue weighted by molar-refractivity contribution is 7.99. The second kappa shape index (κ2) is 10.6. The zero-order chi connectivity index (χ0) is 21.5. The van der Waals surface area contributed by atoms with Gasteiger partial charge in [0.1, 0.15) is 5.01 Å². The number of para-hydroxylation sites is 1. The lowest BCUT2D eigenvalue weighted by atomic mass is 10.1. The minimum atomic E-state index is 0.134. The fraction of sp³-hybridized carbons (Fsp3) is 0.240. The molecule has 0 spiro atoms. The number of aromatic nitrogens is 2. The minimum absolute atomic E-state index is 0.134. The van der Waals surface area contributed by atoms with E-state index in [-0.39, 0.29) is 5.91 Å². The summed E-state index contributed by atoms with van der Waals surface area (Å²) in [5, 5.41) is 1.06. The van der Waals surface area contributed by atoms with Crippen LogP contribution < -0.4 is 0 Å². The van der Waals surface area contributed by atoms with E-state index in [2.05, 4.69) is 47.2 Å². The van der Waals surface area contributed by atoms with Crippen molar-refractivity contribution in [3.63, 3.8) is 0 Å². The molecular weight excluding hydrogens is 422 g/mol. The molecule has 0 bridgehead atoms. The zero-order valence-electron chi connectivity index (χ0n) is 17.5. The van der Waals surface area contributed by atoms with Crippen LogP contribution in [0.5, 0.6) is 0 Å². The summed E-state index contributed by atoms with van der Waals surface area (Å²) < 4.78 is 1.19. The molecule has 31 heavy (non-hydrogen) atoms. The molecule has 2 aromatic carbocycles. The SMILES string of the molecule is CCc1ccc(CN(Cc2cccnc2)C(=O)CSCc2nc3ccccc3s2)cc1. The molecule has 1 amide bonds. The van der Waals surface area contributed by atoms with Crippen LogP contribution in [-0.2, 0) is 30.1 Å². The van der Waals surface area contributed by atoms with Crippen molar-refractivity contribution in [2.75, 3.05) is 5.75 Å². The van der Waals surface area contributed by atoms with Crippen LogP contribution in [0.4, 0.5) is 0 Å². The number of carbonyl (C=O) groups excluding carboxylic acids is 1. The van der Waals surface area contributed by atoms with E-state index in [0.29, 0.717) is 18.8 Å². The Bertz CT molecular complexity index is 1090. The standard InChI is InChI=1S/C25H25N3OS2/c1-2-19-9-11-20(12-10-19)15-28(16-21-6-5-13-26-14-21)25(29)18-30-17-24-27-22-7-3-4-8-23(22)31-24/h3-14H,2,15-18H2,1H3. The highest BCUT2D eigenvalue weighted by Crippen LogP contribution is 2.25. The largest absolute Gasteiger partial charge is 0.333 e. The van der Waals surface area contributed by atoms with E-state index in [4.69, 9.17) is 0 Å². The molecule has 0 saturated heterocycles. The molecule has 0 radical (unpaired) electrons. The van der Waals surface area contributed by atoms with Gasteiger partial charge in [-0.1, -0.05) is 49.4 Å². The van der Waals surface area contributed by atoms with Gasteiger partial charge in [0.25, 0.3) is 0 Å². The van der Waals surface area contributed by atoms with Crippen molar-refractivity contribution < 1.29 is 4.79 Å². The van der Waals surface area contributed by atoms with Crippen LogP contribution in [0.1, 0.15) is 28.6 Å². The number of thiazole rings is 1. The number of hydrogen-bond donors (Lipinski definition) is 0. The summed E-state index contributed by atoms with van der Waals surface area (Å²) in [5.41, 5.74) is 4.52. The molecule has 0 saturated carbocycles. The molecule has 4 nitrogen and oxygen atoms in total. The van der Waals surface area contributed by atoms with E-state index in [1.54, 1.807) is 29.3 Å². The number of rotatable bonds is 9. The molecule has 4 aromatic rings. The van der Waals surface area contributed by atoms with Gasteiger partial charge in [-0.2, -0.15) is 0 Å². The van der Waals surface area contributed by atoms with Gasteiger partial charge in [-0.15, -0.1) is 23.1 Å². The molecule has 0 aliphatic rings. The third-order valence-corrected chi connectivity index (χ3v) is 7.19. The van der Waals surface area contributed by atoms with Crippen molar-refractivity contribution in [2.45, 2.75) is 32.2 Å². The Kier molecular flexibility index (Phi) is 7.33. The maximum absolute atomic E-state index is 13.1. The third-order valence-electron chi connectivity index (χ3n) is 5.04. The van der Waals surface area contributed by atoms with Crippen LogP contribution in [0.15, 0.2) is 73.1 Å². The number of amides is 1. The Morgan fingerprint density at radius 2 is 1.74 bits per heavy atom. The predicted octanol–water partition coefficient (Wildman–Crippen LogP) is 5.72. The molecule has 0 aliphatic carbocycles. The Balaban J connectivity index is 1.40. The normalized spacial score (nSPS) is 11.0. The molecule has 0 N–H and O–H groups in total. The van der Waals surface area contributed by atoms with Crippen LogP contribution in [0.25, 0.3) is 10.2 Å². The van der Waals surface area contributed by atoms with Crippen LogP contribution >= 0.6 is 23.1 Å². The van der Waals surface area contributed by atoms with Crippen LogP contribution in [0, 0.1) is 0 Å². The summed E-state index contributed by atoms with van der Waals surface area (Å²) in [6.07, 6.45) is 4.60. The van der Waals surface area contributed by atoms with Crippen molar-refractivity contribution in [1.29, 1.82) is 0 Å². The monoisotopic (exact) mass is 447 g/mol. The molecular formula is C25H25N3OS2. The Morgan fingerprint density at radius 3 is 2.48 bits per heavy atom. The first-order chi connectivity index (χ1) is 15.2. The van der Waals surface area contributed by atoms with E-state index >= 15 is 0 Å². The first-order valence-corrected chi connectivity index (χ1v) is 12.3. The second-order valence-electron chi connectivity index (χ2n) is 7.35. The summed E-state index contributed by atoms with van der Waals surface area (Å²) >= 11 is 3.33. The fourth-order valence-electron chi connectivity index (χ4n) is 3.34. The molecule has 0 aliphatic heterocycles. The Labute approximate surface area is 191 Å². The number of carbonyl (C=O) groups is 1. The van der Waals surface area contributed by atoms with Crippen LogP contribution in [0.2, 0.25) is 0 Å². The van der Waals surface area contributed by atoms with Crippen LogP contribution in [0.3, 0.4) is 0 Å². The molecule has 6 heteroatoms. The van der Waals surface area contributed by atoms with Gasteiger partial charge in [0.05, 0.1) is 16.0 Å². The van der Waals surface area contributed by atoms with Gasteiger partial charge in [-0.05, 0) is 41.3 Å². The molecule has 0 fully saturated rings. The Hall–Kier alpha value is -2.70. The third kappa shape index (κ3) is 5.93. The van der Waals surface area contributed by atoms with E-state index in [9.17, 15) is 4.79 Å². The zero-order valence-corrected chi connectivity index (χ0v) is 19.2. The highest BCUT2D eigenvalue weighted by atomic mass is 32.2. The van der Waals surface area contributed by atoms with E-state index in [0.717, 1.165) is 33.8 Å². The first-order valence-electron chi connectivity index (χ1n) is 10.4. The Morgan fingerprint density at radius 1 is 0.968 bits per heavy atom. The lowest BCUT2D eigenvalue weighted by Gasteiger charge is -2.23. The van der Waals surface area contributed by atoms with Crippen molar-refractivity contribution in [3.05, 3.63) is 94.8 Å². The lowest BCUT2D eigenvalue weighted by Crippen LogP contribution is -2.31. The van der Waals surface area contributed by atoms with Crippen molar-refractivity contribution >= 4 is 39.2 Å².